The molecule has 5 heteroatoms. The van der Waals surface area contributed by atoms with E-state index >= 15 is 0 Å². The van der Waals surface area contributed by atoms with Crippen LogP contribution in [0.1, 0.15) is 12.0 Å². The predicted molar refractivity (Wildman–Crippen MR) is 101 cm³/mol. The van der Waals surface area contributed by atoms with Gasteiger partial charge in [-0.1, -0.05) is 48.5 Å². The van der Waals surface area contributed by atoms with Gasteiger partial charge in [-0.05, 0) is 24.1 Å². The number of β-amino-alcohol motifs (C(OH)–C–C–N with tert-alkyl or cyclic N) is 1. The van der Waals surface area contributed by atoms with Gasteiger partial charge in [0.05, 0.1) is 6.54 Å². The van der Waals surface area contributed by atoms with Crippen LogP contribution in [-0.4, -0.2) is 59.7 Å². The van der Waals surface area contributed by atoms with Crippen molar-refractivity contribution in [1.82, 2.24) is 9.80 Å². The zero-order chi connectivity index (χ0) is 18.4. The van der Waals surface area contributed by atoms with E-state index in [-0.39, 0.29) is 5.91 Å². The minimum atomic E-state index is -1.31. The second-order valence-electron chi connectivity index (χ2n) is 6.87. The molecule has 1 aliphatic rings. The monoisotopic (exact) mass is 354 g/mol. The molecular weight excluding hydrogens is 328 g/mol. The maximum Gasteiger partial charge on any atom is 0.255 e. The summed E-state index contributed by atoms with van der Waals surface area (Å²) in [4.78, 5) is 16.4. The Morgan fingerprint density at radius 3 is 2.50 bits per heavy atom. The summed E-state index contributed by atoms with van der Waals surface area (Å²) in [6.07, 6.45) is 0.461. The molecule has 0 saturated carbocycles. The van der Waals surface area contributed by atoms with Gasteiger partial charge in [0.25, 0.3) is 5.91 Å². The van der Waals surface area contributed by atoms with Gasteiger partial charge in [-0.2, -0.15) is 0 Å². The number of nitrogens with zero attached hydrogens (tertiary/aromatic N) is 2. The van der Waals surface area contributed by atoms with Gasteiger partial charge in [0.2, 0.25) is 0 Å². The van der Waals surface area contributed by atoms with Gasteiger partial charge < -0.3 is 14.7 Å². The van der Waals surface area contributed by atoms with Gasteiger partial charge in [0, 0.05) is 26.7 Å². The molecule has 1 atom stereocenters. The topological polar surface area (TPSA) is 53.0 Å². The van der Waals surface area contributed by atoms with Gasteiger partial charge >= 0.3 is 0 Å². The summed E-state index contributed by atoms with van der Waals surface area (Å²) in [7, 11) is 1.72. The number of carbonyl (C=O) groups is 1. The van der Waals surface area contributed by atoms with Crippen molar-refractivity contribution in [3.8, 4) is 5.75 Å². The molecule has 3 rings (SSSR count). The van der Waals surface area contributed by atoms with E-state index in [0.29, 0.717) is 32.7 Å². The number of rotatable bonds is 7. The van der Waals surface area contributed by atoms with Crippen molar-refractivity contribution in [1.29, 1.82) is 0 Å². The highest BCUT2D eigenvalue weighted by molar-refractivity contribution is 5.85. The van der Waals surface area contributed by atoms with Gasteiger partial charge in [0.15, 0.2) is 5.60 Å². The minimum absolute atomic E-state index is 0.232. The van der Waals surface area contributed by atoms with Crippen molar-refractivity contribution in [3.63, 3.8) is 0 Å². The Kier molecular flexibility index (Phi) is 5.91. The first-order chi connectivity index (χ1) is 12.6. The molecule has 0 unspecified atom stereocenters. The Labute approximate surface area is 154 Å². The summed E-state index contributed by atoms with van der Waals surface area (Å²) in [6, 6.07) is 19.6. The van der Waals surface area contributed by atoms with Crippen LogP contribution in [0.3, 0.4) is 0 Å². The van der Waals surface area contributed by atoms with Gasteiger partial charge in [-0.15, -0.1) is 0 Å². The second kappa shape index (κ2) is 8.34. The number of carbonyl (C=O) groups excluding carboxylic acids is 1. The maximum absolute atomic E-state index is 12.7. The Hall–Kier alpha value is -2.37. The first-order valence-corrected chi connectivity index (χ1v) is 8.99. The summed E-state index contributed by atoms with van der Waals surface area (Å²) in [5.74, 6) is 0.548. The molecule has 1 heterocycles. The van der Waals surface area contributed by atoms with Crippen LogP contribution in [0.25, 0.3) is 0 Å². The molecule has 0 radical (unpaired) electrons. The van der Waals surface area contributed by atoms with Crippen molar-refractivity contribution in [2.24, 2.45) is 0 Å². The number of hydrogen-bond acceptors (Lipinski definition) is 4. The fraction of sp³-hybridized carbons (Fsp3) is 0.381. The zero-order valence-corrected chi connectivity index (χ0v) is 15.2. The molecular formula is C21H26N2O3. The molecule has 2 aromatic rings. The Morgan fingerprint density at radius 2 is 1.81 bits per heavy atom. The molecule has 1 saturated heterocycles. The first-order valence-electron chi connectivity index (χ1n) is 8.99. The van der Waals surface area contributed by atoms with Crippen LogP contribution in [0.15, 0.2) is 60.7 Å². The average Bonchev–Trinajstić information content (AvgIpc) is 3.04. The number of aliphatic hydroxyl groups is 1. The van der Waals surface area contributed by atoms with Crippen LogP contribution in [0.2, 0.25) is 0 Å². The minimum Gasteiger partial charge on any atom is -0.492 e. The SMILES string of the molecule is CN(CCOc1ccccc1)C(=O)[C@]1(O)CCN(Cc2ccccc2)C1. The highest BCUT2D eigenvalue weighted by Gasteiger charge is 2.44. The lowest BCUT2D eigenvalue weighted by molar-refractivity contribution is -0.149. The number of amides is 1. The standard InChI is InChI=1S/C21H26N2O3/c1-22(14-15-26-19-10-6-3-7-11-19)20(24)21(25)12-13-23(17-21)16-18-8-4-2-5-9-18/h2-11,25H,12-17H2,1H3/t21-/m0/s1. The zero-order valence-electron chi connectivity index (χ0n) is 15.2. The highest BCUT2D eigenvalue weighted by Crippen LogP contribution is 2.25. The van der Waals surface area contributed by atoms with E-state index in [9.17, 15) is 9.90 Å². The second-order valence-corrected chi connectivity index (χ2v) is 6.87. The molecule has 1 N–H and O–H groups in total. The number of ether oxygens (including phenoxy) is 1. The van der Waals surface area contributed by atoms with E-state index in [2.05, 4.69) is 17.0 Å². The third-order valence-electron chi connectivity index (χ3n) is 4.76. The van der Waals surface area contributed by atoms with Crippen molar-refractivity contribution < 1.29 is 14.6 Å². The van der Waals surface area contributed by atoms with E-state index in [1.807, 2.05) is 48.5 Å². The van der Waals surface area contributed by atoms with Gasteiger partial charge in [-0.25, -0.2) is 0 Å². The Morgan fingerprint density at radius 1 is 1.15 bits per heavy atom. The molecule has 1 fully saturated rings. The van der Waals surface area contributed by atoms with Gasteiger partial charge in [-0.3, -0.25) is 9.69 Å². The number of hydrogen-bond donors (Lipinski definition) is 1. The van der Waals surface area contributed by atoms with E-state index < -0.39 is 5.60 Å². The molecule has 26 heavy (non-hydrogen) atoms. The third-order valence-corrected chi connectivity index (χ3v) is 4.76. The summed E-state index contributed by atoms with van der Waals surface area (Å²) >= 11 is 0. The molecule has 0 aliphatic carbocycles. The Balaban J connectivity index is 1.48. The Bertz CT molecular complexity index is 708. The molecule has 0 aromatic heterocycles. The van der Waals surface area contributed by atoms with E-state index in [1.54, 1.807) is 11.9 Å². The lowest BCUT2D eigenvalue weighted by Gasteiger charge is -2.28. The summed E-state index contributed by atoms with van der Waals surface area (Å²) in [6.45, 7) is 2.66. The molecule has 0 spiro atoms. The molecule has 5 nitrogen and oxygen atoms in total. The normalized spacial score (nSPS) is 20.1. The molecule has 2 aromatic carbocycles. The van der Waals surface area contributed by atoms with Crippen LogP contribution < -0.4 is 4.74 Å². The molecule has 138 valence electrons. The van der Waals surface area contributed by atoms with Crippen molar-refractivity contribution in [3.05, 3.63) is 66.2 Å². The molecule has 1 aliphatic heterocycles. The predicted octanol–water partition coefficient (Wildman–Crippen LogP) is 2.16. The number of para-hydroxylation sites is 1. The molecule has 0 bridgehead atoms. The van der Waals surface area contributed by atoms with E-state index in [1.165, 1.54) is 5.56 Å². The number of likely N-dealkylation sites (N-methyl/N-ethyl adjacent to an activating group) is 1. The van der Waals surface area contributed by atoms with Gasteiger partial charge in [0.1, 0.15) is 12.4 Å². The van der Waals surface area contributed by atoms with Crippen LogP contribution >= 0.6 is 0 Å². The van der Waals surface area contributed by atoms with Crippen molar-refractivity contribution >= 4 is 5.91 Å². The summed E-state index contributed by atoms with van der Waals surface area (Å²) in [5.41, 5.74) is -0.121. The maximum atomic E-state index is 12.7. The van der Waals surface area contributed by atoms with Crippen LogP contribution in [-0.2, 0) is 11.3 Å². The highest BCUT2D eigenvalue weighted by atomic mass is 16.5. The van der Waals surface area contributed by atoms with Crippen molar-refractivity contribution in [2.45, 2.75) is 18.6 Å². The molecule has 1 amide bonds. The van der Waals surface area contributed by atoms with Crippen LogP contribution in [0, 0.1) is 0 Å². The van der Waals surface area contributed by atoms with Crippen LogP contribution in [0.5, 0.6) is 5.75 Å². The number of benzene rings is 2. The quantitative estimate of drug-likeness (QED) is 0.828. The smallest absolute Gasteiger partial charge is 0.255 e. The van der Waals surface area contributed by atoms with E-state index in [4.69, 9.17) is 4.74 Å². The first kappa shape index (κ1) is 18.4. The lowest BCUT2D eigenvalue weighted by Crippen LogP contribution is -2.50. The average molecular weight is 354 g/mol. The lowest BCUT2D eigenvalue weighted by atomic mass is 10.0. The van der Waals surface area contributed by atoms with E-state index in [0.717, 1.165) is 12.3 Å². The van der Waals surface area contributed by atoms with Crippen molar-refractivity contribution in [2.75, 3.05) is 33.3 Å². The fourth-order valence-corrected chi connectivity index (χ4v) is 3.30. The number of likely N-dealkylation sites (tertiary alicyclic amines) is 1. The summed E-state index contributed by atoms with van der Waals surface area (Å²) in [5, 5.41) is 10.8. The van der Waals surface area contributed by atoms with Crippen LogP contribution in [0.4, 0.5) is 0 Å². The summed E-state index contributed by atoms with van der Waals surface area (Å²) < 4.78 is 5.64. The fourth-order valence-electron chi connectivity index (χ4n) is 3.30. The largest absolute Gasteiger partial charge is 0.492 e. The third kappa shape index (κ3) is 4.62.